The van der Waals surface area contributed by atoms with Crippen molar-refractivity contribution < 1.29 is 0 Å². The van der Waals surface area contributed by atoms with Gasteiger partial charge in [-0.1, -0.05) is 0 Å². The molecule has 5 nitrogen and oxygen atoms in total. The molecule has 0 bridgehead atoms. The van der Waals surface area contributed by atoms with Crippen molar-refractivity contribution in [2.24, 2.45) is 0 Å². The van der Waals surface area contributed by atoms with Crippen molar-refractivity contribution in [1.82, 2.24) is 19.6 Å². The van der Waals surface area contributed by atoms with Crippen LogP contribution in [0.2, 0.25) is 0 Å². The van der Waals surface area contributed by atoms with E-state index in [0.29, 0.717) is 5.69 Å². The number of aromatic nitrogens is 4. The normalized spacial score (nSPS) is 10.0. The lowest BCUT2D eigenvalue weighted by atomic mass is 10.4. The third-order valence-electron chi connectivity index (χ3n) is 1.27. The Morgan fingerprint density at radius 3 is 2.83 bits per heavy atom. The van der Waals surface area contributed by atoms with Crippen molar-refractivity contribution in [3.63, 3.8) is 0 Å². The Morgan fingerprint density at radius 2 is 2.25 bits per heavy atom. The van der Waals surface area contributed by atoms with Crippen molar-refractivity contribution in [2.45, 2.75) is 0 Å². The van der Waals surface area contributed by atoms with E-state index in [0.717, 1.165) is 4.88 Å². The van der Waals surface area contributed by atoms with E-state index in [1.807, 2.05) is 6.07 Å². The Balaban J connectivity index is 2.43. The fourth-order valence-corrected chi connectivity index (χ4v) is 1.29. The van der Waals surface area contributed by atoms with Crippen LogP contribution >= 0.6 is 11.5 Å². The van der Waals surface area contributed by atoms with E-state index in [2.05, 4.69) is 19.6 Å². The summed E-state index contributed by atoms with van der Waals surface area (Å²) in [6.07, 6.45) is 3.29. The van der Waals surface area contributed by atoms with E-state index in [9.17, 15) is 0 Å². The lowest BCUT2D eigenvalue weighted by Crippen LogP contribution is -1.96. The van der Waals surface area contributed by atoms with Gasteiger partial charge >= 0.3 is 0 Å². The van der Waals surface area contributed by atoms with E-state index >= 15 is 0 Å². The lowest BCUT2D eigenvalue weighted by Gasteiger charge is -1.92. The molecule has 6 heteroatoms. The third kappa shape index (κ3) is 1.24. The second kappa shape index (κ2) is 2.82. The monoisotopic (exact) mass is 179 g/mol. The maximum absolute atomic E-state index is 5.28. The van der Waals surface area contributed by atoms with Crippen LogP contribution in [0.15, 0.2) is 18.5 Å². The van der Waals surface area contributed by atoms with Crippen LogP contribution in [-0.4, -0.2) is 19.6 Å². The zero-order valence-electron chi connectivity index (χ0n) is 6.01. The highest BCUT2D eigenvalue weighted by Gasteiger charge is 2.01. The van der Waals surface area contributed by atoms with E-state index in [4.69, 9.17) is 5.73 Å². The van der Waals surface area contributed by atoms with Gasteiger partial charge in [0.25, 0.3) is 0 Å². The summed E-state index contributed by atoms with van der Waals surface area (Å²) in [5, 5.41) is 7.48. The molecule has 0 aliphatic carbocycles. The highest BCUT2D eigenvalue weighted by Crippen LogP contribution is 2.18. The first-order valence-electron chi connectivity index (χ1n) is 3.22. The van der Waals surface area contributed by atoms with Crippen molar-refractivity contribution in [3.05, 3.63) is 18.5 Å². The van der Waals surface area contributed by atoms with Crippen LogP contribution in [0, 0.1) is 0 Å². The standard InChI is InChI=1S/C6H5N5S/c7-6-8-3-4(10-11-6)5-1-2-9-12-5/h1-3H,(H2,7,8,11). The van der Waals surface area contributed by atoms with Gasteiger partial charge < -0.3 is 5.73 Å². The van der Waals surface area contributed by atoms with Gasteiger partial charge in [0.1, 0.15) is 5.69 Å². The summed E-state index contributed by atoms with van der Waals surface area (Å²) in [6.45, 7) is 0. The molecule has 2 rings (SSSR count). The summed E-state index contributed by atoms with van der Waals surface area (Å²) >= 11 is 1.35. The molecule has 2 aromatic heterocycles. The lowest BCUT2D eigenvalue weighted by molar-refractivity contribution is 0.996. The van der Waals surface area contributed by atoms with Crippen molar-refractivity contribution in [1.29, 1.82) is 0 Å². The Bertz CT molecular complexity index is 354. The number of nitrogen functional groups attached to an aromatic ring is 1. The summed E-state index contributed by atoms with van der Waals surface area (Å²) in [5.74, 6) is 0.184. The number of rotatable bonds is 1. The highest BCUT2D eigenvalue weighted by atomic mass is 32.1. The summed E-state index contributed by atoms with van der Waals surface area (Å²) in [4.78, 5) is 4.76. The molecule has 0 aliphatic heterocycles. The summed E-state index contributed by atoms with van der Waals surface area (Å²) in [6, 6.07) is 1.85. The predicted molar refractivity (Wildman–Crippen MR) is 45.3 cm³/mol. The van der Waals surface area contributed by atoms with Gasteiger partial charge in [0.15, 0.2) is 0 Å². The minimum absolute atomic E-state index is 0.184. The van der Waals surface area contributed by atoms with Gasteiger partial charge in [0.2, 0.25) is 5.95 Å². The predicted octanol–water partition coefficient (Wildman–Crippen LogP) is 0.577. The van der Waals surface area contributed by atoms with Crippen LogP contribution in [-0.2, 0) is 0 Å². The molecule has 0 saturated carbocycles. The smallest absolute Gasteiger partial charge is 0.240 e. The molecule has 0 radical (unpaired) electrons. The summed E-state index contributed by atoms with van der Waals surface area (Å²) < 4.78 is 3.94. The summed E-state index contributed by atoms with van der Waals surface area (Å²) in [7, 11) is 0. The number of hydrogen-bond donors (Lipinski definition) is 1. The Morgan fingerprint density at radius 1 is 1.33 bits per heavy atom. The first kappa shape index (κ1) is 7.11. The average molecular weight is 179 g/mol. The van der Waals surface area contributed by atoms with E-state index in [1.54, 1.807) is 12.4 Å². The van der Waals surface area contributed by atoms with E-state index in [-0.39, 0.29) is 5.95 Å². The second-order valence-corrected chi connectivity index (χ2v) is 2.91. The van der Waals surface area contributed by atoms with E-state index < -0.39 is 0 Å². The number of hydrogen-bond acceptors (Lipinski definition) is 6. The molecule has 0 atom stereocenters. The van der Waals surface area contributed by atoms with Crippen LogP contribution < -0.4 is 5.73 Å². The topological polar surface area (TPSA) is 77.6 Å². The number of nitrogens with zero attached hydrogens (tertiary/aromatic N) is 4. The SMILES string of the molecule is Nc1ncc(-c2ccns2)nn1. The molecule has 0 amide bonds. The molecule has 0 unspecified atom stereocenters. The van der Waals surface area contributed by atoms with Gasteiger partial charge in [-0.15, -0.1) is 10.2 Å². The van der Waals surface area contributed by atoms with Crippen LogP contribution in [0.3, 0.4) is 0 Å². The Kier molecular flexibility index (Phi) is 1.67. The number of nitrogens with two attached hydrogens (primary N) is 1. The van der Waals surface area contributed by atoms with Crippen LogP contribution in [0.1, 0.15) is 0 Å². The molecule has 2 N–H and O–H groups in total. The van der Waals surface area contributed by atoms with Gasteiger partial charge in [-0.3, -0.25) is 0 Å². The quantitative estimate of drug-likeness (QED) is 0.692. The van der Waals surface area contributed by atoms with Gasteiger partial charge in [0, 0.05) is 6.20 Å². The van der Waals surface area contributed by atoms with Gasteiger partial charge in [-0.05, 0) is 17.6 Å². The van der Waals surface area contributed by atoms with Crippen LogP contribution in [0.25, 0.3) is 10.6 Å². The van der Waals surface area contributed by atoms with Crippen molar-refractivity contribution in [2.75, 3.05) is 5.73 Å². The molecular weight excluding hydrogens is 174 g/mol. The van der Waals surface area contributed by atoms with Crippen molar-refractivity contribution >= 4 is 17.5 Å². The van der Waals surface area contributed by atoms with Crippen LogP contribution in [0.5, 0.6) is 0 Å². The van der Waals surface area contributed by atoms with Gasteiger partial charge in [-0.2, -0.15) is 0 Å². The first-order valence-corrected chi connectivity index (χ1v) is 4.00. The van der Waals surface area contributed by atoms with Gasteiger partial charge in [-0.25, -0.2) is 9.36 Å². The van der Waals surface area contributed by atoms with E-state index in [1.165, 1.54) is 11.5 Å². The Labute approximate surface area is 72.5 Å². The van der Waals surface area contributed by atoms with Gasteiger partial charge in [0.05, 0.1) is 11.1 Å². The zero-order valence-corrected chi connectivity index (χ0v) is 6.82. The minimum atomic E-state index is 0.184. The fraction of sp³-hybridized carbons (Fsp3) is 0. The molecule has 0 aromatic carbocycles. The maximum Gasteiger partial charge on any atom is 0.240 e. The summed E-state index contributed by atoms with van der Waals surface area (Å²) in [5.41, 5.74) is 5.98. The third-order valence-corrected chi connectivity index (χ3v) is 2.04. The second-order valence-electron chi connectivity index (χ2n) is 2.08. The van der Waals surface area contributed by atoms with Crippen LogP contribution in [0.4, 0.5) is 5.95 Å². The van der Waals surface area contributed by atoms with Crippen molar-refractivity contribution in [3.8, 4) is 10.6 Å². The number of anilines is 1. The maximum atomic E-state index is 5.28. The molecule has 2 heterocycles. The average Bonchev–Trinajstić information content (AvgIpc) is 2.58. The first-order chi connectivity index (χ1) is 5.86. The molecule has 0 fully saturated rings. The molecule has 12 heavy (non-hydrogen) atoms. The minimum Gasteiger partial charge on any atom is -0.366 e. The highest BCUT2D eigenvalue weighted by molar-refractivity contribution is 7.09. The molecule has 0 aliphatic rings. The zero-order chi connectivity index (χ0) is 8.39. The molecule has 0 spiro atoms. The molecule has 60 valence electrons. The molecular formula is C6H5N5S. The fourth-order valence-electron chi connectivity index (χ4n) is 0.745. The molecule has 2 aromatic rings. The molecule has 0 saturated heterocycles. The largest absolute Gasteiger partial charge is 0.366 e. The Hall–Kier alpha value is -1.56.